The van der Waals surface area contributed by atoms with Crippen LogP contribution in [-0.4, -0.2) is 27.3 Å². The number of aliphatic hydroxyl groups is 1. The number of hydrogen-bond acceptors (Lipinski definition) is 4. The molecule has 0 spiro atoms. The summed E-state index contributed by atoms with van der Waals surface area (Å²) in [5.74, 6) is -0.225. The van der Waals surface area contributed by atoms with Crippen molar-refractivity contribution in [2.45, 2.75) is 19.4 Å². The third-order valence-electron chi connectivity index (χ3n) is 2.86. The number of rotatable bonds is 5. The third kappa shape index (κ3) is 3.39. The molecule has 5 nitrogen and oxygen atoms in total. The predicted molar refractivity (Wildman–Crippen MR) is 79.2 cm³/mol. The maximum atomic E-state index is 12.1. The summed E-state index contributed by atoms with van der Waals surface area (Å²) >= 11 is 7.12. The quantitative estimate of drug-likeness (QED) is 0.889. The molecule has 0 aliphatic carbocycles. The van der Waals surface area contributed by atoms with Crippen LogP contribution in [0.25, 0.3) is 0 Å². The molecule has 108 valence electrons. The van der Waals surface area contributed by atoms with Crippen molar-refractivity contribution in [1.82, 2.24) is 15.1 Å². The van der Waals surface area contributed by atoms with Crippen molar-refractivity contribution >= 4 is 28.8 Å². The normalized spacial score (nSPS) is 12.4. The second-order valence-electron chi connectivity index (χ2n) is 4.38. The van der Waals surface area contributed by atoms with Crippen molar-refractivity contribution in [2.24, 2.45) is 7.05 Å². The molecule has 0 aliphatic heterocycles. The predicted octanol–water partition coefficient (Wildman–Crippen LogP) is 2.16. The van der Waals surface area contributed by atoms with Crippen LogP contribution >= 0.6 is 22.9 Å². The van der Waals surface area contributed by atoms with Gasteiger partial charge in [-0.3, -0.25) is 9.48 Å². The summed E-state index contributed by atoms with van der Waals surface area (Å²) < 4.78 is 2.23. The summed E-state index contributed by atoms with van der Waals surface area (Å²) in [6, 6.07) is 3.48. The van der Waals surface area contributed by atoms with E-state index in [1.165, 1.54) is 11.3 Å². The summed E-state index contributed by atoms with van der Waals surface area (Å²) in [7, 11) is 1.78. The number of aliphatic hydroxyl groups excluding tert-OH is 1. The van der Waals surface area contributed by atoms with Crippen LogP contribution in [0.3, 0.4) is 0 Å². The van der Waals surface area contributed by atoms with E-state index in [4.69, 9.17) is 11.6 Å². The lowest BCUT2D eigenvalue weighted by molar-refractivity contribution is 0.0917. The maximum absolute atomic E-state index is 12.1. The first-order chi connectivity index (χ1) is 9.51. The van der Waals surface area contributed by atoms with E-state index >= 15 is 0 Å². The number of amides is 1. The number of halogens is 1. The van der Waals surface area contributed by atoms with E-state index < -0.39 is 6.10 Å². The minimum Gasteiger partial charge on any atom is -0.386 e. The lowest BCUT2D eigenvalue weighted by atomic mass is 10.2. The van der Waals surface area contributed by atoms with E-state index in [0.29, 0.717) is 16.3 Å². The summed E-state index contributed by atoms with van der Waals surface area (Å²) in [5, 5.41) is 16.9. The molecule has 2 N–H and O–H groups in total. The molecule has 2 aromatic heterocycles. The van der Waals surface area contributed by atoms with Crippen LogP contribution in [0.2, 0.25) is 4.34 Å². The van der Waals surface area contributed by atoms with E-state index in [0.717, 1.165) is 10.6 Å². The van der Waals surface area contributed by atoms with Gasteiger partial charge in [0.2, 0.25) is 0 Å². The van der Waals surface area contributed by atoms with Crippen molar-refractivity contribution in [3.8, 4) is 0 Å². The monoisotopic (exact) mass is 313 g/mol. The number of hydrogen-bond donors (Lipinski definition) is 2. The summed E-state index contributed by atoms with van der Waals surface area (Å²) in [6.45, 7) is 2.09. The zero-order valence-corrected chi connectivity index (χ0v) is 12.8. The van der Waals surface area contributed by atoms with E-state index in [1.54, 1.807) is 30.1 Å². The van der Waals surface area contributed by atoms with Crippen molar-refractivity contribution in [3.63, 3.8) is 0 Å². The van der Waals surface area contributed by atoms with Gasteiger partial charge in [-0.2, -0.15) is 5.10 Å². The van der Waals surface area contributed by atoms with Gasteiger partial charge in [-0.1, -0.05) is 18.5 Å². The number of aromatic nitrogens is 2. The molecule has 0 aliphatic rings. The van der Waals surface area contributed by atoms with Gasteiger partial charge in [-0.05, 0) is 18.6 Å². The Labute approximate surface area is 126 Å². The van der Waals surface area contributed by atoms with Crippen LogP contribution in [0.4, 0.5) is 0 Å². The molecule has 7 heteroatoms. The van der Waals surface area contributed by atoms with Gasteiger partial charge in [0.05, 0.1) is 15.6 Å². The first-order valence-electron chi connectivity index (χ1n) is 6.25. The van der Waals surface area contributed by atoms with E-state index in [-0.39, 0.29) is 12.5 Å². The highest BCUT2D eigenvalue weighted by atomic mass is 35.5. The van der Waals surface area contributed by atoms with Gasteiger partial charge in [0.1, 0.15) is 6.10 Å². The summed E-state index contributed by atoms with van der Waals surface area (Å²) in [6.07, 6.45) is 1.62. The van der Waals surface area contributed by atoms with Gasteiger partial charge < -0.3 is 10.4 Å². The Bertz CT molecular complexity index is 609. The number of thiophene rings is 1. The van der Waals surface area contributed by atoms with Crippen LogP contribution in [0.15, 0.2) is 18.3 Å². The zero-order chi connectivity index (χ0) is 14.7. The molecule has 1 unspecified atom stereocenters. The van der Waals surface area contributed by atoms with Gasteiger partial charge >= 0.3 is 0 Å². The Kier molecular flexibility index (Phi) is 4.80. The van der Waals surface area contributed by atoms with Gasteiger partial charge in [-0.15, -0.1) is 11.3 Å². The Morgan fingerprint density at radius 3 is 2.95 bits per heavy atom. The number of carbonyl (C=O) groups excluding carboxylic acids is 1. The Morgan fingerprint density at radius 2 is 2.35 bits per heavy atom. The average Bonchev–Trinajstić information content (AvgIpc) is 3.01. The SMILES string of the molecule is CCc1nn(C)cc1C(=O)NCC(O)c1ccc(Cl)s1. The van der Waals surface area contributed by atoms with Crippen LogP contribution in [0.5, 0.6) is 0 Å². The van der Waals surface area contributed by atoms with Crippen molar-refractivity contribution in [3.05, 3.63) is 38.8 Å². The Hall–Kier alpha value is -1.37. The van der Waals surface area contributed by atoms with Crippen LogP contribution in [0, 0.1) is 0 Å². The number of aryl methyl sites for hydroxylation is 2. The average molecular weight is 314 g/mol. The standard InChI is InChI=1S/C13H16ClN3O2S/c1-3-9-8(7-17(2)16-9)13(19)15-6-10(18)11-4-5-12(14)20-11/h4-5,7,10,18H,3,6H2,1-2H3,(H,15,19). The maximum Gasteiger partial charge on any atom is 0.254 e. The largest absolute Gasteiger partial charge is 0.386 e. The molecule has 0 fully saturated rings. The molecule has 0 radical (unpaired) electrons. The zero-order valence-electron chi connectivity index (χ0n) is 11.3. The van der Waals surface area contributed by atoms with Gasteiger partial charge in [0.15, 0.2) is 0 Å². The van der Waals surface area contributed by atoms with Crippen LogP contribution < -0.4 is 5.32 Å². The van der Waals surface area contributed by atoms with Gasteiger partial charge in [0.25, 0.3) is 5.91 Å². The smallest absolute Gasteiger partial charge is 0.254 e. The Morgan fingerprint density at radius 1 is 1.60 bits per heavy atom. The molecule has 1 amide bonds. The number of nitrogens with one attached hydrogen (secondary N) is 1. The Balaban J connectivity index is 1.98. The molecule has 0 saturated heterocycles. The van der Waals surface area contributed by atoms with Gasteiger partial charge in [0, 0.05) is 24.7 Å². The second-order valence-corrected chi connectivity index (χ2v) is 6.13. The molecule has 0 saturated carbocycles. The lowest BCUT2D eigenvalue weighted by Crippen LogP contribution is -2.28. The highest BCUT2D eigenvalue weighted by molar-refractivity contribution is 7.16. The topological polar surface area (TPSA) is 67.2 Å². The molecular formula is C13H16ClN3O2S. The third-order valence-corrected chi connectivity index (χ3v) is 4.20. The first-order valence-corrected chi connectivity index (χ1v) is 7.44. The molecule has 2 heterocycles. The lowest BCUT2D eigenvalue weighted by Gasteiger charge is -2.09. The number of carbonyl (C=O) groups is 1. The highest BCUT2D eigenvalue weighted by Gasteiger charge is 2.16. The van der Waals surface area contributed by atoms with Crippen LogP contribution in [-0.2, 0) is 13.5 Å². The fourth-order valence-electron chi connectivity index (χ4n) is 1.88. The van der Waals surface area contributed by atoms with Crippen LogP contribution in [0.1, 0.15) is 34.0 Å². The second kappa shape index (κ2) is 6.39. The van der Waals surface area contributed by atoms with E-state index in [1.807, 2.05) is 6.92 Å². The summed E-state index contributed by atoms with van der Waals surface area (Å²) in [5.41, 5.74) is 1.30. The fourth-order valence-corrected chi connectivity index (χ4v) is 2.92. The summed E-state index contributed by atoms with van der Waals surface area (Å²) in [4.78, 5) is 12.8. The molecule has 1 atom stereocenters. The van der Waals surface area contributed by atoms with Gasteiger partial charge in [-0.25, -0.2) is 0 Å². The molecule has 0 aromatic carbocycles. The van der Waals surface area contributed by atoms with E-state index in [2.05, 4.69) is 10.4 Å². The molecule has 0 bridgehead atoms. The molecular weight excluding hydrogens is 298 g/mol. The van der Waals surface area contributed by atoms with Crippen molar-refractivity contribution in [2.75, 3.05) is 6.54 Å². The minimum absolute atomic E-state index is 0.147. The van der Waals surface area contributed by atoms with E-state index in [9.17, 15) is 9.90 Å². The highest BCUT2D eigenvalue weighted by Crippen LogP contribution is 2.26. The molecule has 2 rings (SSSR count). The van der Waals surface area contributed by atoms with Crippen molar-refractivity contribution < 1.29 is 9.90 Å². The first kappa shape index (κ1) is 15.0. The molecule has 2 aromatic rings. The number of nitrogens with zero attached hydrogens (tertiary/aromatic N) is 2. The fraction of sp³-hybridized carbons (Fsp3) is 0.385. The minimum atomic E-state index is -0.752. The molecule has 20 heavy (non-hydrogen) atoms. The van der Waals surface area contributed by atoms with Crippen molar-refractivity contribution in [1.29, 1.82) is 0 Å².